The summed E-state index contributed by atoms with van der Waals surface area (Å²) >= 11 is 5.71. The predicted molar refractivity (Wildman–Crippen MR) is 93.9 cm³/mol. The Labute approximate surface area is 147 Å². The van der Waals surface area contributed by atoms with Gasteiger partial charge in [-0.3, -0.25) is 25.0 Å². The highest BCUT2D eigenvalue weighted by Gasteiger charge is 2.15. The first-order chi connectivity index (χ1) is 11.8. The Morgan fingerprint density at radius 2 is 1.76 bits per heavy atom. The molecule has 0 fully saturated rings. The molecule has 25 heavy (non-hydrogen) atoms. The third-order valence-electron chi connectivity index (χ3n) is 3.54. The second-order valence-electron chi connectivity index (χ2n) is 5.12. The second kappa shape index (κ2) is 7.67. The van der Waals surface area contributed by atoms with Crippen molar-refractivity contribution in [2.45, 2.75) is 13.3 Å². The van der Waals surface area contributed by atoms with Crippen LogP contribution in [-0.4, -0.2) is 15.6 Å². The smallest absolute Gasteiger partial charge is 0.288 e. The van der Waals surface area contributed by atoms with Crippen molar-refractivity contribution in [3.8, 4) is 0 Å². The molecule has 0 saturated heterocycles. The highest BCUT2D eigenvalue weighted by molar-refractivity contribution is 6.32. The molecule has 8 heteroatoms. The van der Waals surface area contributed by atoms with Gasteiger partial charge >= 0.3 is 0 Å². The molecule has 0 radical (unpaired) electrons. The van der Waals surface area contributed by atoms with E-state index in [0.29, 0.717) is 17.5 Å². The van der Waals surface area contributed by atoms with Crippen LogP contribution in [0.1, 0.15) is 28.4 Å². The quantitative estimate of drug-likeness (QED) is 0.323. The van der Waals surface area contributed by atoms with Crippen molar-refractivity contribution in [2.24, 2.45) is 0 Å². The maximum atomic E-state index is 12.2. The first kappa shape index (κ1) is 18.3. The van der Waals surface area contributed by atoms with Gasteiger partial charge in [0.25, 0.3) is 11.4 Å². The Bertz CT molecular complexity index is 893. The molecule has 128 valence electrons. The third-order valence-corrected chi connectivity index (χ3v) is 3.86. The van der Waals surface area contributed by atoms with E-state index in [9.17, 15) is 25.0 Å². The number of rotatable bonds is 6. The SMILES string of the molecule is CCc1ccc(/C=C/C(=O)c2ccc(Cl)c([N+](=O)[O-])c2)cc1[N+](=O)[O-]. The summed E-state index contributed by atoms with van der Waals surface area (Å²) in [5.74, 6) is -0.470. The van der Waals surface area contributed by atoms with Crippen molar-refractivity contribution in [2.75, 3.05) is 0 Å². The molecule has 2 rings (SSSR count). The average Bonchev–Trinajstić information content (AvgIpc) is 2.59. The number of carbonyl (C=O) groups excluding carboxylic acids is 1. The molecule has 0 atom stereocenters. The zero-order valence-electron chi connectivity index (χ0n) is 13.1. The standard InChI is InChI=1S/C17H13ClN2O5/c1-2-12-5-3-11(9-15(12)19(22)23)4-8-17(21)13-6-7-14(18)16(10-13)20(24)25/h3-10H,2H2,1H3/b8-4+. The Balaban J connectivity index is 2.29. The van der Waals surface area contributed by atoms with Gasteiger partial charge in [0.15, 0.2) is 5.78 Å². The van der Waals surface area contributed by atoms with Gasteiger partial charge < -0.3 is 0 Å². The van der Waals surface area contributed by atoms with Gasteiger partial charge in [-0.2, -0.15) is 0 Å². The normalized spacial score (nSPS) is 10.8. The molecular weight excluding hydrogens is 348 g/mol. The fraction of sp³-hybridized carbons (Fsp3) is 0.118. The lowest BCUT2D eigenvalue weighted by atomic mass is 10.0. The van der Waals surface area contributed by atoms with Crippen molar-refractivity contribution in [1.29, 1.82) is 0 Å². The van der Waals surface area contributed by atoms with Crippen LogP contribution >= 0.6 is 11.6 Å². The molecule has 7 nitrogen and oxygen atoms in total. The van der Waals surface area contributed by atoms with Crippen molar-refractivity contribution >= 4 is 34.8 Å². The van der Waals surface area contributed by atoms with Gasteiger partial charge in [-0.25, -0.2) is 0 Å². The Hall–Kier alpha value is -3.06. The molecular formula is C17H13ClN2O5. The average molecular weight is 361 g/mol. The molecule has 0 unspecified atom stereocenters. The molecule has 0 amide bonds. The number of hydrogen-bond acceptors (Lipinski definition) is 5. The largest absolute Gasteiger partial charge is 0.289 e. The molecule has 0 aliphatic rings. The number of ketones is 1. The molecule has 0 aliphatic carbocycles. The number of aryl methyl sites for hydroxylation is 1. The van der Waals surface area contributed by atoms with Crippen LogP contribution in [0.15, 0.2) is 42.5 Å². The van der Waals surface area contributed by atoms with E-state index >= 15 is 0 Å². The molecule has 0 N–H and O–H groups in total. The molecule has 0 aliphatic heterocycles. The van der Waals surface area contributed by atoms with Crippen LogP contribution in [0.25, 0.3) is 6.08 Å². The number of nitro benzene ring substituents is 2. The summed E-state index contributed by atoms with van der Waals surface area (Å²) in [4.78, 5) is 32.9. The predicted octanol–water partition coefficient (Wildman–Crippen LogP) is 4.61. The number of nitro groups is 2. The van der Waals surface area contributed by atoms with Gasteiger partial charge in [0.05, 0.1) is 9.85 Å². The fourth-order valence-electron chi connectivity index (χ4n) is 2.23. The number of carbonyl (C=O) groups is 1. The van der Waals surface area contributed by atoms with Crippen molar-refractivity contribution in [1.82, 2.24) is 0 Å². The number of nitrogens with zero attached hydrogens (tertiary/aromatic N) is 2. The van der Waals surface area contributed by atoms with Gasteiger partial charge in [0, 0.05) is 23.3 Å². The highest BCUT2D eigenvalue weighted by Crippen LogP contribution is 2.26. The van der Waals surface area contributed by atoms with Gasteiger partial charge in [-0.15, -0.1) is 0 Å². The molecule has 2 aromatic rings. The zero-order chi connectivity index (χ0) is 18.6. The van der Waals surface area contributed by atoms with E-state index in [1.165, 1.54) is 30.4 Å². The van der Waals surface area contributed by atoms with E-state index in [0.717, 1.165) is 6.07 Å². The second-order valence-corrected chi connectivity index (χ2v) is 5.53. The Morgan fingerprint density at radius 1 is 1.08 bits per heavy atom. The van der Waals surface area contributed by atoms with Crippen molar-refractivity contribution in [3.05, 3.63) is 84.4 Å². The van der Waals surface area contributed by atoms with Crippen LogP contribution in [0, 0.1) is 20.2 Å². The van der Waals surface area contributed by atoms with Crippen molar-refractivity contribution < 1.29 is 14.6 Å². The number of benzene rings is 2. The summed E-state index contributed by atoms with van der Waals surface area (Å²) in [6.07, 6.45) is 3.15. The van der Waals surface area contributed by atoms with E-state index in [4.69, 9.17) is 11.6 Å². The van der Waals surface area contributed by atoms with Crippen LogP contribution in [0.2, 0.25) is 5.02 Å². The first-order valence-corrected chi connectivity index (χ1v) is 7.65. The summed E-state index contributed by atoms with van der Waals surface area (Å²) in [5.41, 5.74) is 0.817. The molecule has 0 spiro atoms. The summed E-state index contributed by atoms with van der Waals surface area (Å²) < 4.78 is 0. The van der Waals surface area contributed by atoms with Crippen molar-refractivity contribution in [3.63, 3.8) is 0 Å². The fourth-order valence-corrected chi connectivity index (χ4v) is 2.41. The number of allylic oxidation sites excluding steroid dienone is 1. The van der Waals surface area contributed by atoms with Crippen LogP contribution < -0.4 is 0 Å². The third kappa shape index (κ3) is 4.27. The van der Waals surface area contributed by atoms with Crippen LogP contribution in [-0.2, 0) is 6.42 Å². The van der Waals surface area contributed by atoms with E-state index in [2.05, 4.69) is 0 Å². The highest BCUT2D eigenvalue weighted by atomic mass is 35.5. The van der Waals surface area contributed by atoms with E-state index in [-0.39, 0.29) is 22.0 Å². The van der Waals surface area contributed by atoms with Crippen LogP contribution in [0.4, 0.5) is 11.4 Å². The van der Waals surface area contributed by atoms with Crippen LogP contribution in [0.5, 0.6) is 0 Å². The van der Waals surface area contributed by atoms with Gasteiger partial charge in [-0.05, 0) is 30.2 Å². The minimum atomic E-state index is -0.671. The minimum absolute atomic E-state index is 0.0146. The molecule has 0 aromatic heterocycles. The van der Waals surface area contributed by atoms with Crippen LogP contribution in [0.3, 0.4) is 0 Å². The van der Waals surface area contributed by atoms with E-state index in [1.54, 1.807) is 12.1 Å². The summed E-state index contributed by atoms with van der Waals surface area (Å²) in [7, 11) is 0. The zero-order valence-corrected chi connectivity index (χ0v) is 13.9. The summed E-state index contributed by atoms with van der Waals surface area (Å²) in [6.45, 7) is 1.81. The van der Waals surface area contributed by atoms with E-state index in [1.807, 2.05) is 6.92 Å². The summed E-state index contributed by atoms with van der Waals surface area (Å²) in [5, 5.41) is 21.9. The maximum absolute atomic E-state index is 12.2. The maximum Gasteiger partial charge on any atom is 0.288 e. The molecule has 0 heterocycles. The number of halogens is 1. The first-order valence-electron chi connectivity index (χ1n) is 7.27. The lowest BCUT2D eigenvalue weighted by Crippen LogP contribution is -1.97. The molecule has 0 saturated carbocycles. The lowest BCUT2D eigenvalue weighted by molar-refractivity contribution is -0.385. The monoisotopic (exact) mass is 360 g/mol. The van der Waals surface area contributed by atoms with Gasteiger partial charge in [0.1, 0.15) is 5.02 Å². The van der Waals surface area contributed by atoms with E-state index < -0.39 is 15.6 Å². The van der Waals surface area contributed by atoms with Gasteiger partial charge in [-0.1, -0.05) is 36.7 Å². The molecule has 0 bridgehead atoms. The Kier molecular flexibility index (Phi) is 5.61. The minimum Gasteiger partial charge on any atom is -0.289 e. The number of hydrogen-bond donors (Lipinski definition) is 0. The topological polar surface area (TPSA) is 103 Å². The summed E-state index contributed by atoms with van der Waals surface area (Å²) in [6, 6.07) is 8.44. The molecule has 2 aromatic carbocycles. The lowest BCUT2D eigenvalue weighted by Gasteiger charge is -2.01. The van der Waals surface area contributed by atoms with Gasteiger partial charge in [0.2, 0.25) is 0 Å². The Morgan fingerprint density at radius 3 is 2.36 bits per heavy atom.